The molecule has 0 amide bonds. The first-order chi connectivity index (χ1) is 9.69. The molecule has 5 heteroatoms. The Labute approximate surface area is 131 Å². The monoisotopic (exact) mass is 315 g/mol. The van der Waals surface area contributed by atoms with Gasteiger partial charge in [0.1, 0.15) is 0 Å². The molecule has 0 radical (unpaired) electrons. The minimum atomic E-state index is 0.709. The van der Waals surface area contributed by atoms with Gasteiger partial charge in [0.15, 0.2) is 0 Å². The smallest absolute Gasteiger partial charge is 0.0931 e. The van der Waals surface area contributed by atoms with Gasteiger partial charge in [0.25, 0.3) is 0 Å². The Morgan fingerprint density at radius 1 is 1.40 bits per heavy atom. The average molecular weight is 316 g/mol. The van der Waals surface area contributed by atoms with E-state index in [-0.39, 0.29) is 0 Å². The standard InChI is InChI=1S/C15H26ClN3S/c1-3-13-12-18(2)8-4-9-19(13)10-7-17-11-14-5-6-15(16)20-14/h5-6,13,17H,3-4,7-12H2,1-2H3. The molecular weight excluding hydrogens is 290 g/mol. The first-order valence-corrected chi connectivity index (χ1v) is 8.76. The predicted molar refractivity (Wildman–Crippen MR) is 88.8 cm³/mol. The summed E-state index contributed by atoms with van der Waals surface area (Å²) in [6.45, 7) is 9.10. The van der Waals surface area contributed by atoms with Gasteiger partial charge in [-0.3, -0.25) is 4.90 Å². The van der Waals surface area contributed by atoms with Gasteiger partial charge in [0.05, 0.1) is 4.34 Å². The van der Waals surface area contributed by atoms with Gasteiger partial charge in [-0.25, -0.2) is 0 Å². The molecule has 114 valence electrons. The number of hydrogen-bond donors (Lipinski definition) is 1. The molecule has 20 heavy (non-hydrogen) atoms. The largest absolute Gasteiger partial charge is 0.311 e. The second-order valence-electron chi connectivity index (χ2n) is 5.60. The van der Waals surface area contributed by atoms with Crippen LogP contribution in [0.25, 0.3) is 0 Å². The molecule has 2 heterocycles. The van der Waals surface area contributed by atoms with Gasteiger partial charge in [-0.15, -0.1) is 11.3 Å². The number of likely N-dealkylation sites (N-methyl/N-ethyl adjacent to an activating group) is 1. The lowest BCUT2D eigenvalue weighted by molar-refractivity contribution is 0.184. The Balaban J connectivity index is 1.71. The molecule has 0 aromatic carbocycles. The third kappa shape index (κ3) is 5.01. The van der Waals surface area contributed by atoms with E-state index in [4.69, 9.17) is 11.6 Å². The van der Waals surface area contributed by atoms with Crippen LogP contribution >= 0.6 is 22.9 Å². The van der Waals surface area contributed by atoms with Gasteiger partial charge in [0, 0.05) is 37.1 Å². The maximum absolute atomic E-state index is 5.94. The Kier molecular flexibility index (Phi) is 6.78. The summed E-state index contributed by atoms with van der Waals surface area (Å²) in [7, 11) is 2.24. The van der Waals surface area contributed by atoms with Gasteiger partial charge >= 0.3 is 0 Å². The van der Waals surface area contributed by atoms with E-state index in [9.17, 15) is 0 Å². The summed E-state index contributed by atoms with van der Waals surface area (Å²) in [5.41, 5.74) is 0. The van der Waals surface area contributed by atoms with Gasteiger partial charge in [-0.1, -0.05) is 18.5 Å². The SMILES string of the molecule is CCC1CN(C)CCCN1CCNCc1ccc(Cl)s1. The predicted octanol–water partition coefficient (Wildman–Crippen LogP) is 2.91. The van der Waals surface area contributed by atoms with E-state index in [0.717, 1.165) is 24.0 Å². The van der Waals surface area contributed by atoms with Crippen molar-refractivity contribution in [2.24, 2.45) is 0 Å². The summed E-state index contributed by atoms with van der Waals surface area (Å²) in [5, 5.41) is 3.54. The van der Waals surface area contributed by atoms with Crippen molar-refractivity contribution in [2.45, 2.75) is 32.4 Å². The fraction of sp³-hybridized carbons (Fsp3) is 0.733. The maximum atomic E-state index is 5.94. The van der Waals surface area contributed by atoms with Crippen LogP contribution in [-0.4, -0.2) is 55.6 Å². The molecule has 0 spiro atoms. The van der Waals surface area contributed by atoms with E-state index in [2.05, 4.69) is 35.2 Å². The van der Waals surface area contributed by atoms with Crippen LogP contribution < -0.4 is 5.32 Å². The minimum absolute atomic E-state index is 0.709. The third-order valence-electron chi connectivity index (χ3n) is 4.00. The highest BCUT2D eigenvalue weighted by atomic mass is 35.5. The Hall–Kier alpha value is -0.130. The Bertz CT molecular complexity index is 396. The number of nitrogens with one attached hydrogen (secondary N) is 1. The maximum Gasteiger partial charge on any atom is 0.0931 e. The van der Waals surface area contributed by atoms with Crippen molar-refractivity contribution in [1.29, 1.82) is 0 Å². The van der Waals surface area contributed by atoms with E-state index in [1.165, 1.54) is 37.4 Å². The molecule has 0 aliphatic carbocycles. The molecule has 1 aromatic rings. The van der Waals surface area contributed by atoms with Crippen molar-refractivity contribution in [2.75, 3.05) is 39.8 Å². The van der Waals surface area contributed by atoms with Crippen LogP contribution in [-0.2, 0) is 6.54 Å². The van der Waals surface area contributed by atoms with Crippen LogP contribution in [0, 0.1) is 0 Å². The number of rotatable bonds is 6. The van der Waals surface area contributed by atoms with Crippen LogP contribution in [0.2, 0.25) is 4.34 Å². The van der Waals surface area contributed by atoms with E-state index >= 15 is 0 Å². The van der Waals surface area contributed by atoms with E-state index in [1.54, 1.807) is 11.3 Å². The minimum Gasteiger partial charge on any atom is -0.311 e. The summed E-state index contributed by atoms with van der Waals surface area (Å²) >= 11 is 7.61. The van der Waals surface area contributed by atoms with Crippen LogP contribution in [0.15, 0.2) is 12.1 Å². The molecular formula is C15H26ClN3S. The number of thiophene rings is 1. The molecule has 1 saturated heterocycles. The summed E-state index contributed by atoms with van der Waals surface area (Å²) in [6.07, 6.45) is 2.53. The molecule has 1 aliphatic rings. The molecule has 1 N–H and O–H groups in total. The fourth-order valence-electron chi connectivity index (χ4n) is 2.86. The molecule has 1 fully saturated rings. The molecule has 2 rings (SSSR count). The zero-order chi connectivity index (χ0) is 14.4. The second-order valence-corrected chi connectivity index (χ2v) is 7.40. The van der Waals surface area contributed by atoms with Crippen molar-refractivity contribution < 1.29 is 0 Å². The lowest BCUT2D eigenvalue weighted by Crippen LogP contribution is -2.42. The third-order valence-corrected chi connectivity index (χ3v) is 5.23. The number of nitrogens with zero attached hydrogens (tertiary/aromatic N) is 2. The lowest BCUT2D eigenvalue weighted by atomic mass is 10.2. The highest BCUT2D eigenvalue weighted by molar-refractivity contribution is 7.16. The van der Waals surface area contributed by atoms with E-state index in [1.807, 2.05) is 6.07 Å². The quantitative estimate of drug-likeness (QED) is 0.814. The normalized spacial score (nSPS) is 22.1. The van der Waals surface area contributed by atoms with Gasteiger partial charge in [0.2, 0.25) is 0 Å². The highest BCUT2D eigenvalue weighted by Gasteiger charge is 2.21. The first kappa shape index (κ1) is 16.2. The zero-order valence-corrected chi connectivity index (χ0v) is 14.1. The van der Waals surface area contributed by atoms with Crippen molar-refractivity contribution in [3.63, 3.8) is 0 Å². The van der Waals surface area contributed by atoms with Crippen LogP contribution in [0.5, 0.6) is 0 Å². The molecule has 1 aliphatic heterocycles. The van der Waals surface area contributed by atoms with Crippen LogP contribution in [0.4, 0.5) is 0 Å². The van der Waals surface area contributed by atoms with Gasteiger partial charge < -0.3 is 10.2 Å². The average Bonchev–Trinajstić information content (AvgIpc) is 2.75. The first-order valence-electron chi connectivity index (χ1n) is 7.56. The van der Waals surface area contributed by atoms with Crippen molar-refractivity contribution in [3.05, 3.63) is 21.3 Å². The molecule has 1 atom stereocenters. The van der Waals surface area contributed by atoms with Gasteiger partial charge in [-0.05, 0) is 45.1 Å². The summed E-state index contributed by atoms with van der Waals surface area (Å²) in [4.78, 5) is 6.44. The number of hydrogen-bond acceptors (Lipinski definition) is 4. The lowest BCUT2D eigenvalue weighted by Gasteiger charge is -2.30. The van der Waals surface area contributed by atoms with Crippen LogP contribution in [0.1, 0.15) is 24.6 Å². The fourth-order valence-corrected chi connectivity index (χ4v) is 3.91. The molecule has 1 unspecified atom stereocenters. The van der Waals surface area contributed by atoms with E-state index in [0.29, 0.717) is 6.04 Å². The highest BCUT2D eigenvalue weighted by Crippen LogP contribution is 2.20. The zero-order valence-electron chi connectivity index (χ0n) is 12.6. The molecule has 3 nitrogen and oxygen atoms in total. The molecule has 0 saturated carbocycles. The Morgan fingerprint density at radius 3 is 2.95 bits per heavy atom. The van der Waals surface area contributed by atoms with Gasteiger partial charge in [-0.2, -0.15) is 0 Å². The van der Waals surface area contributed by atoms with Crippen molar-refractivity contribution >= 4 is 22.9 Å². The summed E-state index contributed by atoms with van der Waals surface area (Å²) in [5.74, 6) is 0. The topological polar surface area (TPSA) is 18.5 Å². The second kappa shape index (κ2) is 8.35. The van der Waals surface area contributed by atoms with Crippen molar-refractivity contribution in [1.82, 2.24) is 15.1 Å². The summed E-state index contributed by atoms with van der Waals surface area (Å²) < 4.78 is 0.878. The Morgan fingerprint density at radius 2 is 2.25 bits per heavy atom. The number of halogens is 1. The molecule has 1 aromatic heterocycles. The summed E-state index contributed by atoms with van der Waals surface area (Å²) in [6, 6.07) is 4.79. The van der Waals surface area contributed by atoms with E-state index < -0.39 is 0 Å². The molecule has 0 bridgehead atoms. The van der Waals surface area contributed by atoms with Crippen LogP contribution in [0.3, 0.4) is 0 Å². The van der Waals surface area contributed by atoms with Crippen molar-refractivity contribution in [3.8, 4) is 0 Å².